The molecule has 0 saturated carbocycles. The van der Waals surface area contributed by atoms with Gasteiger partial charge in [0.25, 0.3) is 5.91 Å². The predicted molar refractivity (Wildman–Crippen MR) is 132 cm³/mol. The third-order valence-electron chi connectivity index (χ3n) is 6.46. The van der Waals surface area contributed by atoms with Crippen LogP contribution in [0.15, 0.2) is 78.4 Å². The lowest BCUT2D eigenvalue weighted by atomic mass is 9.72. The highest BCUT2D eigenvalue weighted by molar-refractivity contribution is 6.00. The second kappa shape index (κ2) is 8.09. The van der Waals surface area contributed by atoms with Gasteiger partial charge in [0, 0.05) is 53.6 Å². The monoisotopic (exact) mass is 453 g/mol. The summed E-state index contributed by atoms with van der Waals surface area (Å²) in [5.41, 5.74) is 2.39. The highest BCUT2D eigenvalue weighted by Gasteiger charge is 2.39. The van der Waals surface area contributed by atoms with Crippen LogP contribution in [0.5, 0.6) is 0 Å². The highest BCUT2D eigenvalue weighted by atomic mass is 16.2. The predicted octanol–water partition coefficient (Wildman–Crippen LogP) is 4.62. The number of carbonyl (C=O) groups excluding carboxylic acids is 2. The Hall–Kier alpha value is -4.00. The van der Waals surface area contributed by atoms with Gasteiger partial charge >= 0.3 is 0 Å². The number of aromatic nitrogens is 2. The summed E-state index contributed by atoms with van der Waals surface area (Å²) in [4.78, 5) is 34.2. The van der Waals surface area contributed by atoms with Gasteiger partial charge in [0.05, 0.1) is 11.1 Å². The van der Waals surface area contributed by atoms with Crippen molar-refractivity contribution in [2.75, 3.05) is 5.32 Å². The fourth-order valence-corrected chi connectivity index (χ4v) is 4.74. The Morgan fingerprint density at radius 3 is 2.76 bits per heavy atom. The van der Waals surface area contributed by atoms with Crippen LogP contribution in [0.1, 0.15) is 44.0 Å². The number of fused-ring (bicyclic) bond motifs is 1. The van der Waals surface area contributed by atoms with Crippen LogP contribution in [-0.4, -0.2) is 27.3 Å². The average molecular weight is 454 g/mol. The molecule has 0 bridgehead atoms. The lowest BCUT2D eigenvalue weighted by Gasteiger charge is -2.40. The van der Waals surface area contributed by atoms with Gasteiger partial charge in [0.2, 0.25) is 5.91 Å². The quantitative estimate of drug-likeness (QED) is 0.536. The van der Waals surface area contributed by atoms with E-state index in [1.54, 1.807) is 30.7 Å². The van der Waals surface area contributed by atoms with Crippen LogP contribution >= 0.6 is 0 Å². The SMILES string of the molecule is CC1(NC(=O)c2cccnc2Nc2ccc3ccncc3c2)C=CC2=C(C1)NC(=O)CC2(C)C. The van der Waals surface area contributed by atoms with E-state index >= 15 is 0 Å². The van der Waals surface area contributed by atoms with Crippen molar-refractivity contribution in [3.05, 3.63) is 84.0 Å². The molecule has 3 heterocycles. The molecular weight excluding hydrogens is 426 g/mol. The van der Waals surface area contributed by atoms with Gasteiger partial charge in [-0.1, -0.05) is 32.1 Å². The molecule has 172 valence electrons. The van der Waals surface area contributed by atoms with Gasteiger partial charge in [-0.05, 0) is 48.2 Å². The van der Waals surface area contributed by atoms with Crippen molar-refractivity contribution in [2.24, 2.45) is 5.41 Å². The third-order valence-corrected chi connectivity index (χ3v) is 6.46. The Balaban J connectivity index is 1.37. The molecule has 0 saturated heterocycles. The number of benzene rings is 1. The number of nitrogens with one attached hydrogen (secondary N) is 3. The number of hydrogen-bond acceptors (Lipinski definition) is 5. The number of carbonyl (C=O) groups is 2. The van der Waals surface area contributed by atoms with Gasteiger partial charge in [0.1, 0.15) is 5.82 Å². The molecule has 5 rings (SSSR count). The van der Waals surface area contributed by atoms with Crippen LogP contribution in [0.2, 0.25) is 0 Å². The number of hydrogen-bond donors (Lipinski definition) is 3. The van der Waals surface area contributed by atoms with Crippen molar-refractivity contribution in [3.63, 3.8) is 0 Å². The first-order valence-corrected chi connectivity index (χ1v) is 11.3. The first kappa shape index (κ1) is 21.8. The van der Waals surface area contributed by atoms with Gasteiger partial charge < -0.3 is 16.0 Å². The minimum Gasteiger partial charge on any atom is -0.343 e. The number of allylic oxidation sites excluding steroid dienone is 2. The highest BCUT2D eigenvalue weighted by Crippen LogP contribution is 2.41. The molecule has 2 amide bonds. The van der Waals surface area contributed by atoms with Crippen LogP contribution in [0.3, 0.4) is 0 Å². The summed E-state index contributed by atoms with van der Waals surface area (Å²) >= 11 is 0. The second-order valence-corrected chi connectivity index (χ2v) is 9.84. The number of anilines is 2. The minimum absolute atomic E-state index is 0.0112. The summed E-state index contributed by atoms with van der Waals surface area (Å²) < 4.78 is 0. The minimum atomic E-state index is -0.641. The van der Waals surface area contributed by atoms with Crippen molar-refractivity contribution >= 4 is 34.1 Å². The fourth-order valence-electron chi connectivity index (χ4n) is 4.74. The molecular formula is C27H27N5O2. The number of pyridine rings is 2. The second-order valence-electron chi connectivity index (χ2n) is 9.84. The van der Waals surface area contributed by atoms with E-state index in [-0.39, 0.29) is 17.2 Å². The van der Waals surface area contributed by atoms with E-state index in [0.717, 1.165) is 27.7 Å². The van der Waals surface area contributed by atoms with Gasteiger partial charge in [0.15, 0.2) is 0 Å². The van der Waals surface area contributed by atoms with Crippen LogP contribution in [0, 0.1) is 5.41 Å². The summed E-state index contributed by atoms with van der Waals surface area (Å²) in [5, 5.41) is 11.5. The maximum Gasteiger partial charge on any atom is 0.255 e. The lowest BCUT2D eigenvalue weighted by molar-refractivity contribution is -0.122. The Labute approximate surface area is 198 Å². The van der Waals surface area contributed by atoms with Gasteiger partial charge in [-0.3, -0.25) is 14.6 Å². The number of nitrogens with zero attached hydrogens (tertiary/aromatic N) is 2. The summed E-state index contributed by atoms with van der Waals surface area (Å²) in [7, 11) is 0. The van der Waals surface area contributed by atoms with Crippen LogP contribution in [0.25, 0.3) is 10.8 Å². The molecule has 0 radical (unpaired) electrons. The van der Waals surface area contributed by atoms with E-state index in [4.69, 9.17) is 0 Å². The molecule has 1 aliphatic carbocycles. The standard InChI is InChI=1S/C27H27N5O2/c1-26(2)15-23(33)31-22-14-27(3,10-8-21(22)26)32-25(34)20-5-4-11-29-24(20)30-19-7-6-17-9-12-28-16-18(17)13-19/h4-13,16H,14-15H2,1-3H3,(H,29,30)(H,31,33)(H,32,34). The van der Waals surface area contributed by atoms with E-state index in [2.05, 4.69) is 39.8 Å². The molecule has 3 N–H and O–H groups in total. The molecule has 7 heteroatoms. The largest absolute Gasteiger partial charge is 0.343 e. The normalized spacial score (nSPS) is 21.1. The molecule has 34 heavy (non-hydrogen) atoms. The Morgan fingerprint density at radius 1 is 1.06 bits per heavy atom. The van der Waals surface area contributed by atoms with E-state index in [1.807, 2.05) is 43.3 Å². The molecule has 1 atom stereocenters. The van der Waals surface area contributed by atoms with E-state index in [1.165, 1.54) is 0 Å². The molecule has 2 aliphatic rings. The molecule has 1 aromatic carbocycles. The summed E-state index contributed by atoms with van der Waals surface area (Å²) in [5.74, 6) is 0.242. The molecule has 1 unspecified atom stereocenters. The van der Waals surface area contributed by atoms with E-state index in [9.17, 15) is 9.59 Å². The van der Waals surface area contributed by atoms with Gasteiger partial charge in [-0.15, -0.1) is 0 Å². The van der Waals surface area contributed by atoms with Gasteiger partial charge in [-0.25, -0.2) is 4.98 Å². The van der Waals surface area contributed by atoms with Crippen molar-refractivity contribution in [2.45, 2.75) is 39.2 Å². The Bertz CT molecular complexity index is 1370. The molecule has 1 aliphatic heterocycles. The third kappa shape index (κ3) is 4.17. The molecule has 0 spiro atoms. The molecule has 3 aromatic rings. The van der Waals surface area contributed by atoms with Gasteiger partial charge in [-0.2, -0.15) is 0 Å². The Morgan fingerprint density at radius 2 is 1.91 bits per heavy atom. The average Bonchev–Trinajstić information content (AvgIpc) is 2.78. The first-order valence-electron chi connectivity index (χ1n) is 11.3. The van der Waals surface area contributed by atoms with Crippen molar-refractivity contribution in [1.29, 1.82) is 0 Å². The zero-order valence-corrected chi connectivity index (χ0v) is 19.5. The summed E-state index contributed by atoms with van der Waals surface area (Å²) in [6.45, 7) is 6.10. The zero-order valence-electron chi connectivity index (χ0n) is 19.5. The van der Waals surface area contributed by atoms with E-state index < -0.39 is 5.54 Å². The summed E-state index contributed by atoms with van der Waals surface area (Å²) in [6.07, 6.45) is 10.2. The molecule has 2 aromatic heterocycles. The topological polar surface area (TPSA) is 96.0 Å². The molecule has 7 nitrogen and oxygen atoms in total. The lowest BCUT2D eigenvalue weighted by Crippen LogP contribution is -2.49. The van der Waals surface area contributed by atoms with Crippen LogP contribution in [0.4, 0.5) is 11.5 Å². The number of rotatable bonds is 4. The van der Waals surface area contributed by atoms with Crippen molar-refractivity contribution in [1.82, 2.24) is 20.6 Å². The fraction of sp³-hybridized carbons (Fsp3) is 0.259. The maximum atomic E-state index is 13.4. The molecule has 0 fully saturated rings. The van der Waals surface area contributed by atoms with Crippen LogP contribution in [-0.2, 0) is 4.79 Å². The van der Waals surface area contributed by atoms with Crippen LogP contribution < -0.4 is 16.0 Å². The number of amides is 2. The zero-order chi connectivity index (χ0) is 23.9. The smallest absolute Gasteiger partial charge is 0.255 e. The van der Waals surface area contributed by atoms with Crippen molar-refractivity contribution in [3.8, 4) is 0 Å². The first-order chi connectivity index (χ1) is 16.2. The van der Waals surface area contributed by atoms with Crippen molar-refractivity contribution < 1.29 is 9.59 Å². The van der Waals surface area contributed by atoms with E-state index in [0.29, 0.717) is 24.2 Å². The summed E-state index contributed by atoms with van der Waals surface area (Å²) in [6, 6.07) is 11.4. The maximum absolute atomic E-state index is 13.4. The Kier molecular flexibility index (Phi) is 5.20.